The number of ether oxygens (including phenoxy) is 3. The van der Waals surface area contributed by atoms with Crippen LogP contribution in [0.25, 0.3) is 0 Å². The summed E-state index contributed by atoms with van der Waals surface area (Å²) in [5.74, 6) is 1.60. The van der Waals surface area contributed by atoms with Gasteiger partial charge in [-0.05, 0) is 25.2 Å². The van der Waals surface area contributed by atoms with E-state index in [9.17, 15) is 4.79 Å². The molecule has 27 heavy (non-hydrogen) atoms. The van der Waals surface area contributed by atoms with E-state index in [0.717, 1.165) is 13.1 Å². The Morgan fingerprint density at radius 1 is 1.15 bits per heavy atom. The van der Waals surface area contributed by atoms with Gasteiger partial charge in [-0.1, -0.05) is 12.1 Å². The van der Waals surface area contributed by atoms with E-state index in [0.29, 0.717) is 23.1 Å². The maximum atomic E-state index is 12.2. The maximum absolute atomic E-state index is 12.2. The number of pyridine rings is 1. The van der Waals surface area contributed by atoms with E-state index < -0.39 is 0 Å². The van der Waals surface area contributed by atoms with E-state index in [-0.39, 0.29) is 18.2 Å². The topological polar surface area (TPSA) is 85.0 Å². The first-order valence-corrected chi connectivity index (χ1v) is 8.65. The molecule has 0 radical (unpaired) electrons. The number of nitrogens with zero attached hydrogens (tertiary/aromatic N) is 2. The molecule has 1 fully saturated rings. The molecule has 8 nitrogen and oxygen atoms in total. The maximum Gasteiger partial charge on any atom is 0.319 e. The minimum Gasteiger partial charge on any atom is -0.493 e. The third kappa shape index (κ3) is 4.87. The Labute approximate surface area is 158 Å². The van der Waals surface area contributed by atoms with Crippen LogP contribution in [0.1, 0.15) is 0 Å². The number of aromatic nitrogens is 1. The minimum absolute atomic E-state index is 0.0181. The molecule has 2 atom stereocenters. The van der Waals surface area contributed by atoms with Crippen LogP contribution in [0.15, 0.2) is 42.6 Å². The lowest BCUT2D eigenvalue weighted by Crippen LogP contribution is -2.45. The summed E-state index contributed by atoms with van der Waals surface area (Å²) < 4.78 is 16.4. The number of hydrogen-bond donors (Lipinski definition) is 2. The number of carbonyl (C=O) groups excluding carboxylic acids is 1. The number of rotatable bonds is 6. The molecule has 144 valence electrons. The molecule has 0 bridgehead atoms. The number of urea groups is 1. The van der Waals surface area contributed by atoms with Gasteiger partial charge in [0.15, 0.2) is 11.5 Å². The molecular formula is C19H24N4O4. The van der Waals surface area contributed by atoms with Crippen LogP contribution in [0.4, 0.5) is 10.5 Å². The third-order valence-electron chi connectivity index (χ3n) is 4.35. The van der Waals surface area contributed by atoms with Crippen LogP contribution in [0, 0.1) is 0 Å². The molecule has 1 aliphatic rings. The van der Waals surface area contributed by atoms with Crippen LogP contribution in [-0.4, -0.2) is 62.4 Å². The van der Waals surface area contributed by atoms with Crippen LogP contribution >= 0.6 is 0 Å². The lowest BCUT2D eigenvalue weighted by Gasteiger charge is -2.18. The van der Waals surface area contributed by atoms with E-state index >= 15 is 0 Å². The molecule has 8 heteroatoms. The molecule has 0 unspecified atom stereocenters. The zero-order chi connectivity index (χ0) is 19.2. The van der Waals surface area contributed by atoms with Crippen LogP contribution < -0.4 is 20.1 Å². The molecule has 2 heterocycles. The molecule has 1 aliphatic heterocycles. The quantitative estimate of drug-likeness (QED) is 0.810. The highest BCUT2D eigenvalue weighted by Gasteiger charge is 2.31. The molecule has 1 saturated heterocycles. The third-order valence-corrected chi connectivity index (χ3v) is 4.35. The summed E-state index contributed by atoms with van der Waals surface area (Å²) in [6, 6.07) is 10.4. The summed E-state index contributed by atoms with van der Waals surface area (Å²) in [5.41, 5.74) is 0.570. The largest absolute Gasteiger partial charge is 0.493 e. The number of likely N-dealkylation sites (N-methyl/N-ethyl adjacent to an activating group) is 1. The van der Waals surface area contributed by atoms with Gasteiger partial charge in [-0.2, -0.15) is 0 Å². The van der Waals surface area contributed by atoms with E-state index in [1.165, 1.54) is 0 Å². The predicted octanol–water partition coefficient (Wildman–Crippen LogP) is 2.33. The molecule has 2 N–H and O–H groups in total. The number of methoxy groups -OCH3 is 2. The number of para-hydroxylation sites is 2. The van der Waals surface area contributed by atoms with Crippen molar-refractivity contribution in [3.05, 3.63) is 42.6 Å². The summed E-state index contributed by atoms with van der Waals surface area (Å²) in [5, 5.41) is 5.71. The number of anilines is 1. The van der Waals surface area contributed by atoms with Gasteiger partial charge in [0.25, 0.3) is 0 Å². The molecular weight excluding hydrogens is 348 g/mol. The standard InChI is InChI=1S/C19H24N4O4/c1-23-11-14(17(12-23)26-3)22-19(24)21-13-8-9-18(20-10-13)27-16-7-5-4-6-15(16)25-2/h4-10,14,17H,11-12H2,1-3H3,(H2,21,22,24)/t14-,17-/m1/s1. The fourth-order valence-corrected chi connectivity index (χ4v) is 3.01. The zero-order valence-electron chi connectivity index (χ0n) is 15.6. The fraction of sp³-hybridized carbons (Fsp3) is 0.368. The highest BCUT2D eigenvalue weighted by molar-refractivity contribution is 5.89. The Hall–Kier alpha value is -2.84. The summed E-state index contributed by atoms with van der Waals surface area (Å²) in [6.45, 7) is 1.54. The van der Waals surface area contributed by atoms with Gasteiger partial charge in [0.05, 0.1) is 31.1 Å². The number of amides is 2. The van der Waals surface area contributed by atoms with Crippen molar-refractivity contribution in [2.45, 2.75) is 12.1 Å². The first-order chi connectivity index (χ1) is 13.1. The molecule has 2 amide bonds. The van der Waals surface area contributed by atoms with Crippen molar-refractivity contribution in [3.8, 4) is 17.4 Å². The first-order valence-electron chi connectivity index (χ1n) is 8.65. The van der Waals surface area contributed by atoms with Crippen LogP contribution in [0.5, 0.6) is 17.4 Å². The highest BCUT2D eigenvalue weighted by Crippen LogP contribution is 2.30. The number of hydrogen-bond acceptors (Lipinski definition) is 6. The Bertz CT molecular complexity index is 769. The fourth-order valence-electron chi connectivity index (χ4n) is 3.01. The second-order valence-corrected chi connectivity index (χ2v) is 6.34. The molecule has 2 aromatic rings. The van der Waals surface area contributed by atoms with Gasteiger partial charge in [0.1, 0.15) is 0 Å². The van der Waals surface area contributed by atoms with Gasteiger partial charge in [-0.15, -0.1) is 0 Å². The summed E-state index contributed by atoms with van der Waals surface area (Å²) in [4.78, 5) is 18.6. The second kappa shape index (κ2) is 8.70. The SMILES string of the molecule is COc1ccccc1Oc1ccc(NC(=O)N[C@@H]2CN(C)C[C@H]2OC)cn1. The van der Waals surface area contributed by atoms with Crippen molar-refractivity contribution in [3.63, 3.8) is 0 Å². The van der Waals surface area contributed by atoms with Crippen LogP contribution in [-0.2, 0) is 4.74 Å². The van der Waals surface area contributed by atoms with Crippen molar-refractivity contribution < 1.29 is 19.0 Å². The van der Waals surface area contributed by atoms with Crippen LogP contribution in [0.3, 0.4) is 0 Å². The Morgan fingerprint density at radius 2 is 1.93 bits per heavy atom. The molecule has 3 rings (SSSR count). The van der Waals surface area contributed by atoms with E-state index in [1.54, 1.807) is 38.6 Å². The Morgan fingerprint density at radius 3 is 2.59 bits per heavy atom. The average molecular weight is 372 g/mol. The smallest absolute Gasteiger partial charge is 0.319 e. The lowest BCUT2D eigenvalue weighted by atomic mass is 10.2. The van der Waals surface area contributed by atoms with Gasteiger partial charge in [0, 0.05) is 26.3 Å². The lowest BCUT2D eigenvalue weighted by molar-refractivity contribution is 0.0940. The average Bonchev–Trinajstić information content (AvgIpc) is 3.03. The molecule has 0 aliphatic carbocycles. The first kappa shape index (κ1) is 18.9. The van der Waals surface area contributed by atoms with Gasteiger partial charge in [-0.25, -0.2) is 9.78 Å². The van der Waals surface area contributed by atoms with Crippen molar-refractivity contribution >= 4 is 11.7 Å². The summed E-state index contributed by atoms with van der Waals surface area (Å²) >= 11 is 0. The van der Waals surface area contributed by atoms with E-state index in [1.807, 2.05) is 25.2 Å². The number of likely N-dealkylation sites (tertiary alicyclic amines) is 1. The van der Waals surface area contributed by atoms with E-state index in [4.69, 9.17) is 14.2 Å². The molecule has 1 aromatic carbocycles. The van der Waals surface area contributed by atoms with Crippen molar-refractivity contribution in [1.29, 1.82) is 0 Å². The molecule has 1 aromatic heterocycles. The Balaban J connectivity index is 1.56. The number of carbonyl (C=O) groups is 1. The minimum atomic E-state index is -0.294. The predicted molar refractivity (Wildman–Crippen MR) is 102 cm³/mol. The second-order valence-electron chi connectivity index (χ2n) is 6.34. The van der Waals surface area contributed by atoms with Crippen LogP contribution in [0.2, 0.25) is 0 Å². The molecule has 0 saturated carbocycles. The Kier molecular flexibility index (Phi) is 6.10. The van der Waals surface area contributed by atoms with Gasteiger partial charge >= 0.3 is 6.03 Å². The van der Waals surface area contributed by atoms with Crippen molar-refractivity contribution in [2.24, 2.45) is 0 Å². The van der Waals surface area contributed by atoms with Crippen molar-refractivity contribution in [1.82, 2.24) is 15.2 Å². The molecule has 0 spiro atoms. The highest BCUT2D eigenvalue weighted by atomic mass is 16.5. The van der Waals surface area contributed by atoms with Gasteiger partial charge < -0.3 is 29.7 Å². The number of benzene rings is 1. The van der Waals surface area contributed by atoms with Crippen molar-refractivity contribution in [2.75, 3.05) is 39.7 Å². The van der Waals surface area contributed by atoms with Gasteiger partial charge in [-0.3, -0.25) is 0 Å². The van der Waals surface area contributed by atoms with Gasteiger partial charge in [0.2, 0.25) is 5.88 Å². The monoisotopic (exact) mass is 372 g/mol. The normalized spacial score (nSPS) is 19.5. The summed E-state index contributed by atoms with van der Waals surface area (Å²) in [6.07, 6.45) is 1.52. The zero-order valence-corrected chi connectivity index (χ0v) is 15.6. The van der Waals surface area contributed by atoms with E-state index in [2.05, 4.69) is 20.5 Å². The number of nitrogens with one attached hydrogen (secondary N) is 2. The summed E-state index contributed by atoms with van der Waals surface area (Å²) in [7, 11) is 5.23.